The number of fused-ring (bicyclic) bond motifs is 1. The zero-order chi connectivity index (χ0) is 20.7. The summed E-state index contributed by atoms with van der Waals surface area (Å²) in [6.07, 6.45) is 4.54. The third kappa shape index (κ3) is 5.51. The number of aryl methyl sites for hydroxylation is 2. The van der Waals surface area contributed by atoms with Gasteiger partial charge in [-0.2, -0.15) is 11.8 Å². The van der Waals surface area contributed by atoms with Crippen LogP contribution in [0.5, 0.6) is 5.75 Å². The Bertz CT molecular complexity index is 907. The van der Waals surface area contributed by atoms with Crippen molar-refractivity contribution in [1.29, 1.82) is 0 Å². The molecule has 1 amide bonds. The van der Waals surface area contributed by atoms with Crippen molar-refractivity contribution in [3.05, 3.63) is 39.7 Å². The molecule has 0 saturated carbocycles. The maximum atomic E-state index is 12.0. The van der Waals surface area contributed by atoms with Gasteiger partial charge in [-0.3, -0.25) is 4.79 Å². The Morgan fingerprint density at radius 1 is 1.36 bits per heavy atom. The van der Waals surface area contributed by atoms with Crippen LogP contribution in [0.4, 0.5) is 0 Å². The van der Waals surface area contributed by atoms with E-state index >= 15 is 0 Å². The molecule has 1 heterocycles. The number of thioether (sulfide) groups is 1. The maximum absolute atomic E-state index is 12.0. The van der Waals surface area contributed by atoms with Crippen molar-refractivity contribution in [2.45, 2.75) is 39.2 Å². The van der Waals surface area contributed by atoms with Crippen LogP contribution in [0.3, 0.4) is 0 Å². The van der Waals surface area contributed by atoms with Crippen molar-refractivity contribution in [3.8, 4) is 5.75 Å². The fourth-order valence-corrected chi connectivity index (χ4v) is 3.42. The van der Waals surface area contributed by atoms with Crippen molar-refractivity contribution in [1.82, 2.24) is 5.32 Å². The second-order valence-electron chi connectivity index (χ2n) is 6.46. The molecule has 0 fully saturated rings. The molecule has 1 aromatic carbocycles. The van der Waals surface area contributed by atoms with E-state index in [4.69, 9.17) is 14.3 Å². The lowest BCUT2D eigenvalue weighted by atomic mass is 10.0. The van der Waals surface area contributed by atoms with Gasteiger partial charge in [0.25, 0.3) is 5.91 Å². The SMILES string of the molecule is CCCCc1cc(=O)oc2c(C)c(OCC(=O)NC(CSC)C(=O)O)ccc12. The number of aliphatic carboxylic acids is 1. The van der Waals surface area contributed by atoms with E-state index in [0.717, 1.165) is 30.2 Å². The number of carboxylic acids is 1. The summed E-state index contributed by atoms with van der Waals surface area (Å²) in [7, 11) is 0. The first-order chi connectivity index (χ1) is 13.4. The predicted molar refractivity (Wildman–Crippen MR) is 109 cm³/mol. The summed E-state index contributed by atoms with van der Waals surface area (Å²) in [5.74, 6) is -0.942. The molecular weight excluding hydrogens is 382 g/mol. The second-order valence-corrected chi connectivity index (χ2v) is 7.37. The summed E-state index contributed by atoms with van der Waals surface area (Å²) in [5, 5.41) is 12.4. The predicted octanol–water partition coefficient (Wildman–Crippen LogP) is 2.76. The molecule has 1 unspecified atom stereocenters. The van der Waals surface area contributed by atoms with Gasteiger partial charge in [0.15, 0.2) is 6.61 Å². The Labute approximate surface area is 167 Å². The van der Waals surface area contributed by atoms with Crippen molar-refractivity contribution in [3.63, 3.8) is 0 Å². The van der Waals surface area contributed by atoms with Crippen molar-refractivity contribution in [2.24, 2.45) is 0 Å². The summed E-state index contributed by atoms with van der Waals surface area (Å²) in [6, 6.07) is 4.10. The minimum absolute atomic E-state index is 0.266. The fraction of sp³-hybridized carbons (Fsp3) is 0.450. The van der Waals surface area contributed by atoms with Gasteiger partial charge in [-0.05, 0) is 43.7 Å². The molecule has 1 aromatic heterocycles. The monoisotopic (exact) mass is 407 g/mol. The Hall–Kier alpha value is -2.48. The normalized spacial score (nSPS) is 12.0. The highest BCUT2D eigenvalue weighted by molar-refractivity contribution is 7.98. The molecule has 0 aliphatic rings. The topological polar surface area (TPSA) is 106 Å². The third-order valence-electron chi connectivity index (χ3n) is 4.32. The molecule has 7 nitrogen and oxygen atoms in total. The van der Waals surface area contributed by atoms with E-state index in [0.29, 0.717) is 16.9 Å². The molecule has 1 atom stereocenters. The van der Waals surface area contributed by atoms with Gasteiger partial charge in [0.05, 0.1) is 0 Å². The van der Waals surface area contributed by atoms with Gasteiger partial charge in [-0.15, -0.1) is 0 Å². The number of unbranched alkanes of at least 4 members (excludes halogenated alkanes) is 1. The minimum atomic E-state index is -1.09. The molecule has 2 aromatic rings. The molecular formula is C20H25NO6S. The Balaban J connectivity index is 2.17. The van der Waals surface area contributed by atoms with E-state index in [1.807, 2.05) is 6.07 Å². The largest absolute Gasteiger partial charge is 0.483 e. The molecule has 0 radical (unpaired) electrons. The zero-order valence-corrected chi connectivity index (χ0v) is 17.1. The van der Waals surface area contributed by atoms with Crippen LogP contribution < -0.4 is 15.7 Å². The highest BCUT2D eigenvalue weighted by atomic mass is 32.2. The fourth-order valence-electron chi connectivity index (χ4n) is 2.86. The summed E-state index contributed by atoms with van der Waals surface area (Å²) in [5.41, 5.74) is 1.58. The summed E-state index contributed by atoms with van der Waals surface area (Å²) in [6.45, 7) is 3.52. The number of carbonyl (C=O) groups is 2. The summed E-state index contributed by atoms with van der Waals surface area (Å²) < 4.78 is 10.9. The van der Waals surface area contributed by atoms with E-state index in [2.05, 4.69) is 12.2 Å². The molecule has 152 valence electrons. The van der Waals surface area contributed by atoms with Gasteiger partial charge in [-0.25, -0.2) is 9.59 Å². The van der Waals surface area contributed by atoms with Crippen LogP contribution in [0.25, 0.3) is 11.0 Å². The van der Waals surface area contributed by atoms with Crippen LogP contribution in [-0.2, 0) is 16.0 Å². The van der Waals surface area contributed by atoms with E-state index in [9.17, 15) is 14.4 Å². The van der Waals surface area contributed by atoms with Gasteiger partial charge in [0, 0.05) is 22.8 Å². The van der Waals surface area contributed by atoms with Gasteiger partial charge in [0.1, 0.15) is 17.4 Å². The average Bonchev–Trinajstić information content (AvgIpc) is 2.65. The minimum Gasteiger partial charge on any atom is -0.483 e. The number of hydrogen-bond donors (Lipinski definition) is 2. The molecule has 0 saturated heterocycles. The lowest BCUT2D eigenvalue weighted by Crippen LogP contribution is -2.44. The molecule has 0 aliphatic heterocycles. The number of amides is 1. The molecule has 0 spiro atoms. The van der Waals surface area contributed by atoms with Crippen molar-refractivity contribution in [2.75, 3.05) is 18.6 Å². The highest BCUT2D eigenvalue weighted by Crippen LogP contribution is 2.29. The van der Waals surface area contributed by atoms with Crippen LogP contribution in [-0.4, -0.2) is 41.6 Å². The first kappa shape index (κ1) is 21.8. The third-order valence-corrected chi connectivity index (χ3v) is 4.99. The Morgan fingerprint density at radius 3 is 2.75 bits per heavy atom. The number of carboxylic acid groups (broad SMARTS) is 1. The van der Waals surface area contributed by atoms with E-state index in [1.165, 1.54) is 17.8 Å². The number of hydrogen-bond acceptors (Lipinski definition) is 6. The van der Waals surface area contributed by atoms with E-state index < -0.39 is 23.5 Å². The quantitative estimate of drug-likeness (QED) is 0.583. The van der Waals surface area contributed by atoms with E-state index in [1.54, 1.807) is 19.2 Å². The lowest BCUT2D eigenvalue weighted by molar-refractivity contribution is -0.141. The lowest BCUT2D eigenvalue weighted by Gasteiger charge is -2.15. The first-order valence-electron chi connectivity index (χ1n) is 9.07. The molecule has 8 heteroatoms. The van der Waals surface area contributed by atoms with E-state index in [-0.39, 0.29) is 12.4 Å². The van der Waals surface area contributed by atoms with Crippen LogP contribution in [0.1, 0.15) is 30.9 Å². The smallest absolute Gasteiger partial charge is 0.336 e. The summed E-state index contributed by atoms with van der Waals surface area (Å²) >= 11 is 1.33. The zero-order valence-electron chi connectivity index (χ0n) is 16.2. The van der Waals surface area contributed by atoms with Crippen molar-refractivity contribution < 1.29 is 23.8 Å². The van der Waals surface area contributed by atoms with Crippen molar-refractivity contribution >= 4 is 34.6 Å². The Kier molecular flexibility index (Phi) is 7.92. The molecule has 2 N–H and O–H groups in total. The maximum Gasteiger partial charge on any atom is 0.336 e. The van der Waals surface area contributed by atoms with Crippen LogP contribution in [0, 0.1) is 6.92 Å². The van der Waals surface area contributed by atoms with Gasteiger partial charge < -0.3 is 19.6 Å². The average molecular weight is 407 g/mol. The number of carbonyl (C=O) groups excluding carboxylic acids is 1. The highest BCUT2D eigenvalue weighted by Gasteiger charge is 2.20. The number of nitrogens with one attached hydrogen (secondary N) is 1. The molecule has 0 bridgehead atoms. The van der Waals surface area contributed by atoms with Crippen LogP contribution in [0.2, 0.25) is 0 Å². The summed E-state index contributed by atoms with van der Waals surface area (Å²) in [4.78, 5) is 35.1. The van der Waals surface area contributed by atoms with Crippen LogP contribution >= 0.6 is 11.8 Å². The molecule has 28 heavy (non-hydrogen) atoms. The number of rotatable bonds is 10. The van der Waals surface area contributed by atoms with Gasteiger partial charge >= 0.3 is 11.6 Å². The first-order valence-corrected chi connectivity index (χ1v) is 10.5. The molecule has 2 rings (SSSR count). The van der Waals surface area contributed by atoms with Gasteiger partial charge in [-0.1, -0.05) is 13.3 Å². The number of benzene rings is 1. The second kappa shape index (κ2) is 10.2. The van der Waals surface area contributed by atoms with Crippen LogP contribution in [0.15, 0.2) is 27.4 Å². The molecule has 0 aliphatic carbocycles. The number of ether oxygens (including phenoxy) is 1. The van der Waals surface area contributed by atoms with Gasteiger partial charge in [0.2, 0.25) is 0 Å². The standard InChI is InChI=1S/C20H25NO6S/c1-4-5-6-13-9-18(23)27-19-12(2)16(8-7-14(13)19)26-10-17(22)21-15(11-28-3)20(24)25/h7-9,15H,4-6,10-11H2,1-3H3,(H,21,22)(H,24,25). The Morgan fingerprint density at radius 2 is 2.11 bits per heavy atom.